The van der Waals surface area contributed by atoms with Crippen molar-refractivity contribution in [3.63, 3.8) is 0 Å². The first-order chi connectivity index (χ1) is 11.9. The lowest BCUT2D eigenvalue weighted by Crippen LogP contribution is -2.18. The molecule has 0 aliphatic carbocycles. The molecule has 0 unspecified atom stereocenters. The van der Waals surface area contributed by atoms with Gasteiger partial charge in [-0.1, -0.05) is 17.7 Å². The Morgan fingerprint density at radius 3 is 2.88 bits per heavy atom. The summed E-state index contributed by atoms with van der Waals surface area (Å²) < 4.78 is 19.8. The molecule has 2 heterocycles. The van der Waals surface area contributed by atoms with Crippen LogP contribution in [0.5, 0.6) is 5.88 Å². The third kappa shape index (κ3) is 2.96. The number of aromatic hydroxyl groups is 1. The van der Waals surface area contributed by atoms with E-state index in [1.165, 1.54) is 24.4 Å². The minimum atomic E-state index is -0.685. The van der Waals surface area contributed by atoms with Gasteiger partial charge in [0.1, 0.15) is 11.4 Å². The number of esters is 1. The average molecular weight is 366 g/mol. The minimum Gasteiger partial charge on any atom is -0.493 e. The number of rotatable bonds is 4. The number of fused-ring (bicyclic) bond motifs is 1. The molecule has 0 aliphatic heterocycles. The zero-order chi connectivity index (χ0) is 18.1. The molecule has 0 spiro atoms. The van der Waals surface area contributed by atoms with Crippen LogP contribution in [0, 0.1) is 5.82 Å². The van der Waals surface area contributed by atoms with Gasteiger partial charge in [0.05, 0.1) is 18.4 Å². The predicted molar refractivity (Wildman–Crippen MR) is 87.7 cm³/mol. The summed E-state index contributed by atoms with van der Waals surface area (Å²) in [4.78, 5) is 26.7. The van der Waals surface area contributed by atoms with Crippen LogP contribution in [0.1, 0.15) is 28.4 Å². The molecule has 130 valence electrons. The molecule has 3 aromatic rings. The molecule has 0 bridgehead atoms. The van der Waals surface area contributed by atoms with E-state index in [9.17, 15) is 19.1 Å². The molecular formula is C16H13ClFN3O4. The maximum absolute atomic E-state index is 13.9. The van der Waals surface area contributed by atoms with Crippen LogP contribution >= 0.6 is 11.6 Å². The van der Waals surface area contributed by atoms with E-state index >= 15 is 0 Å². The summed E-state index contributed by atoms with van der Waals surface area (Å²) in [6.45, 7) is 1.79. The Bertz CT molecular complexity index is 1010. The number of aromatic nitrogens is 3. The lowest BCUT2D eigenvalue weighted by molar-refractivity contribution is 0.0528. The van der Waals surface area contributed by atoms with Gasteiger partial charge in [-0.3, -0.25) is 4.79 Å². The van der Waals surface area contributed by atoms with Gasteiger partial charge in [-0.15, -0.1) is 0 Å². The van der Waals surface area contributed by atoms with Crippen molar-refractivity contribution in [2.24, 2.45) is 0 Å². The van der Waals surface area contributed by atoms with E-state index in [4.69, 9.17) is 16.3 Å². The van der Waals surface area contributed by atoms with E-state index in [1.54, 1.807) is 6.92 Å². The second kappa shape index (κ2) is 6.56. The predicted octanol–water partition coefficient (Wildman–Crippen LogP) is 2.29. The molecule has 0 aliphatic rings. The second-order valence-electron chi connectivity index (χ2n) is 5.17. The molecule has 0 saturated heterocycles. The number of hydrogen-bond acceptors (Lipinski definition) is 5. The molecular weight excluding hydrogens is 353 g/mol. The average Bonchev–Trinajstić information content (AvgIpc) is 2.98. The summed E-state index contributed by atoms with van der Waals surface area (Å²) in [5, 5.41) is 14.4. The highest BCUT2D eigenvalue weighted by Gasteiger charge is 2.21. The van der Waals surface area contributed by atoms with Crippen LogP contribution in [-0.4, -0.2) is 32.3 Å². The molecule has 0 saturated carbocycles. The van der Waals surface area contributed by atoms with Crippen molar-refractivity contribution in [2.45, 2.75) is 13.3 Å². The molecule has 0 radical (unpaired) electrons. The van der Waals surface area contributed by atoms with Crippen molar-refractivity contribution in [3.05, 3.63) is 62.3 Å². The zero-order valence-corrected chi connectivity index (χ0v) is 13.8. The number of nitrogens with zero attached hydrogens (tertiary/aromatic N) is 2. The van der Waals surface area contributed by atoms with Crippen LogP contribution in [0.3, 0.4) is 0 Å². The lowest BCUT2D eigenvalue weighted by atomic mass is 10.1. The molecule has 1 aromatic carbocycles. The van der Waals surface area contributed by atoms with Gasteiger partial charge in [-0.05, 0) is 19.1 Å². The Labute approximate surface area is 145 Å². The highest BCUT2D eigenvalue weighted by molar-refractivity contribution is 6.31. The summed E-state index contributed by atoms with van der Waals surface area (Å²) in [7, 11) is 0. The third-order valence-corrected chi connectivity index (χ3v) is 4.01. The number of H-pyrrole nitrogens is 1. The van der Waals surface area contributed by atoms with E-state index < -0.39 is 23.2 Å². The summed E-state index contributed by atoms with van der Waals surface area (Å²) >= 11 is 5.97. The van der Waals surface area contributed by atoms with Crippen LogP contribution < -0.4 is 5.56 Å². The van der Waals surface area contributed by atoms with Crippen LogP contribution in [0.4, 0.5) is 4.39 Å². The highest BCUT2D eigenvalue weighted by atomic mass is 35.5. The fourth-order valence-corrected chi connectivity index (χ4v) is 2.67. The fraction of sp³-hybridized carbons (Fsp3) is 0.188. The van der Waals surface area contributed by atoms with Crippen molar-refractivity contribution < 1.29 is 19.0 Å². The second-order valence-corrected chi connectivity index (χ2v) is 5.58. The number of ether oxygens (including phenoxy) is 1. The van der Waals surface area contributed by atoms with E-state index in [-0.39, 0.29) is 40.4 Å². The monoisotopic (exact) mass is 365 g/mol. The molecule has 0 amide bonds. The van der Waals surface area contributed by atoms with Crippen LogP contribution in [-0.2, 0) is 11.2 Å². The van der Waals surface area contributed by atoms with E-state index in [0.29, 0.717) is 0 Å². The molecule has 2 aromatic heterocycles. The molecule has 3 rings (SSSR count). The van der Waals surface area contributed by atoms with Crippen molar-refractivity contribution in [1.82, 2.24) is 14.6 Å². The number of benzene rings is 1. The van der Waals surface area contributed by atoms with Gasteiger partial charge in [0.2, 0.25) is 5.88 Å². The topological polar surface area (TPSA) is 96.7 Å². The van der Waals surface area contributed by atoms with Gasteiger partial charge >= 0.3 is 5.97 Å². The highest BCUT2D eigenvalue weighted by Crippen LogP contribution is 2.25. The van der Waals surface area contributed by atoms with E-state index in [0.717, 1.165) is 4.52 Å². The maximum atomic E-state index is 13.9. The largest absolute Gasteiger partial charge is 0.493 e. The van der Waals surface area contributed by atoms with Crippen LogP contribution in [0.25, 0.3) is 5.65 Å². The Balaban J connectivity index is 2.12. The van der Waals surface area contributed by atoms with Crippen molar-refractivity contribution >= 4 is 23.2 Å². The SMILES string of the molecule is CCOC(=O)c1cnn2c(O)c(Cc3c(F)cccc3Cl)c(=O)[nH]c12. The first-order valence-electron chi connectivity index (χ1n) is 7.35. The van der Waals surface area contributed by atoms with Crippen molar-refractivity contribution in [3.8, 4) is 5.88 Å². The van der Waals surface area contributed by atoms with Crippen LogP contribution in [0.15, 0.2) is 29.2 Å². The van der Waals surface area contributed by atoms with Gasteiger partial charge in [-0.25, -0.2) is 9.18 Å². The molecule has 7 nitrogen and oxygen atoms in total. The third-order valence-electron chi connectivity index (χ3n) is 3.66. The van der Waals surface area contributed by atoms with E-state index in [2.05, 4.69) is 10.1 Å². The number of carbonyl (C=O) groups is 1. The van der Waals surface area contributed by atoms with Gasteiger partial charge in [0.25, 0.3) is 5.56 Å². The number of nitrogens with one attached hydrogen (secondary N) is 1. The molecule has 0 atom stereocenters. The summed E-state index contributed by atoms with van der Waals surface area (Å²) in [6.07, 6.45) is 0.931. The normalized spacial score (nSPS) is 11.0. The van der Waals surface area contributed by atoms with Crippen molar-refractivity contribution in [2.75, 3.05) is 6.61 Å². The molecule has 2 N–H and O–H groups in total. The number of halogens is 2. The first kappa shape index (κ1) is 17.0. The Kier molecular flexibility index (Phi) is 4.45. The Hall–Kier alpha value is -2.87. The Morgan fingerprint density at radius 1 is 1.44 bits per heavy atom. The van der Waals surface area contributed by atoms with Gasteiger partial charge in [0, 0.05) is 17.0 Å². The summed E-state index contributed by atoms with van der Waals surface area (Å²) in [5.74, 6) is -1.79. The summed E-state index contributed by atoms with van der Waals surface area (Å²) in [5.41, 5.74) is -0.746. The number of carbonyl (C=O) groups excluding carboxylic acids is 1. The van der Waals surface area contributed by atoms with E-state index in [1.807, 2.05) is 0 Å². The lowest BCUT2D eigenvalue weighted by Gasteiger charge is -2.08. The quantitative estimate of drug-likeness (QED) is 0.691. The van der Waals surface area contributed by atoms with Crippen molar-refractivity contribution in [1.29, 1.82) is 0 Å². The zero-order valence-electron chi connectivity index (χ0n) is 13.0. The smallest absolute Gasteiger partial charge is 0.343 e. The fourth-order valence-electron chi connectivity index (χ4n) is 2.44. The molecule has 9 heteroatoms. The van der Waals surface area contributed by atoms with Gasteiger partial charge in [-0.2, -0.15) is 9.61 Å². The molecule has 25 heavy (non-hydrogen) atoms. The van der Waals surface area contributed by atoms with Gasteiger partial charge < -0.3 is 14.8 Å². The number of hydrogen-bond donors (Lipinski definition) is 2. The summed E-state index contributed by atoms with van der Waals surface area (Å²) in [6, 6.07) is 4.13. The Morgan fingerprint density at radius 2 is 2.20 bits per heavy atom. The first-order valence-corrected chi connectivity index (χ1v) is 7.73. The molecule has 0 fully saturated rings. The van der Waals surface area contributed by atoms with Crippen LogP contribution in [0.2, 0.25) is 5.02 Å². The maximum Gasteiger partial charge on any atom is 0.343 e. The van der Waals surface area contributed by atoms with Gasteiger partial charge in [0.15, 0.2) is 5.65 Å². The standard InChI is InChI=1S/C16H13ClFN3O4/c1-2-25-16(24)10-7-19-21-13(10)20-14(22)9(15(21)23)6-8-11(17)4-3-5-12(8)18/h3-5,7,23H,2,6H2,1H3,(H,20,22). The minimum absolute atomic E-state index is 0.00437. The number of aromatic amines is 1.